The molecule has 2 aromatic heterocycles. The second-order valence-electron chi connectivity index (χ2n) is 4.38. The Morgan fingerprint density at radius 2 is 1.90 bits per heavy atom. The maximum atomic E-state index is 10.7. The topological polar surface area (TPSA) is 111 Å². The van der Waals surface area contributed by atoms with E-state index in [4.69, 9.17) is 5.73 Å². The molecule has 0 amide bonds. The molecule has 0 saturated heterocycles. The smallest absolute Gasteiger partial charge is 0.269 e. The number of nitrogens with two attached hydrogens (primary N) is 1. The minimum Gasteiger partial charge on any atom is -0.382 e. The molecule has 0 atom stereocenters. The number of rotatable bonds is 3. The van der Waals surface area contributed by atoms with Crippen molar-refractivity contribution in [3.63, 3.8) is 0 Å². The first-order valence-electron chi connectivity index (χ1n) is 6.17. The van der Waals surface area contributed by atoms with Gasteiger partial charge in [0.1, 0.15) is 0 Å². The lowest BCUT2D eigenvalue weighted by atomic mass is 10.0. The molecular formula is C14H11N5O2. The molecule has 0 unspecified atom stereocenters. The Morgan fingerprint density at radius 3 is 2.52 bits per heavy atom. The van der Waals surface area contributed by atoms with E-state index in [-0.39, 0.29) is 5.69 Å². The third-order valence-corrected chi connectivity index (χ3v) is 3.08. The fourth-order valence-electron chi connectivity index (χ4n) is 2.08. The summed E-state index contributed by atoms with van der Waals surface area (Å²) in [5.41, 5.74) is 8.74. The quantitative estimate of drug-likeness (QED) is 0.566. The molecule has 7 nitrogen and oxygen atoms in total. The van der Waals surface area contributed by atoms with Crippen molar-refractivity contribution >= 4 is 11.5 Å². The van der Waals surface area contributed by atoms with Crippen LogP contribution < -0.4 is 5.73 Å². The van der Waals surface area contributed by atoms with Crippen molar-refractivity contribution in [2.24, 2.45) is 0 Å². The lowest BCUT2D eigenvalue weighted by Crippen LogP contribution is -1.91. The number of nitrogen functional groups attached to an aromatic ring is 1. The molecule has 2 heterocycles. The maximum Gasteiger partial charge on any atom is 0.269 e. The second-order valence-corrected chi connectivity index (χ2v) is 4.38. The molecule has 21 heavy (non-hydrogen) atoms. The van der Waals surface area contributed by atoms with Gasteiger partial charge in [-0.05, 0) is 24.3 Å². The largest absolute Gasteiger partial charge is 0.382 e. The molecule has 0 aliphatic rings. The zero-order chi connectivity index (χ0) is 14.8. The van der Waals surface area contributed by atoms with Gasteiger partial charge in [-0.1, -0.05) is 6.07 Å². The number of nitro groups is 1. The Bertz CT molecular complexity index is 781. The summed E-state index contributed by atoms with van der Waals surface area (Å²) in [5, 5.41) is 17.6. The third-order valence-electron chi connectivity index (χ3n) is 3.08. The van der Waals surface area contributed by atoms with Gasteiger partial charge in [0.25, 0.3) is 5.69 Å². The van der Waals surface area contributed by atoms with E-state index in [0.717, 1.165) is 5.56 Å². The Balaban J connectivity index is 2.10. The monoisotopic (exact) mass is 281 g/mol. The summed E-state index contributed by atoms with van der Waals surface area (Å²) in [4.78, 5) is 14.5. The first kappa shape index (κ1) is 12.8. The van der Waals surface area contributed by atoms with Gasteiger partial charge < -0.3 is 5.73 Å². The van der Waals surface area contributed by atoms with Crippen LogP contribution in [0, 0.1) is 10.1 Å². The van der Waals surface area contributed by atoms with Crippen LogP contribution >= 0.6 is 0 Å². The van der Waals surface area contributed by atoms with Crippen LogP contribution in [0.15, 0.2) is 48.7 Å². The highest BCUT2D eigenvalue weighted by Gasteiger charge is 2.16. The van der Waals surface area contributed by atoms with Gasteiger partial charge >= 0.3 is 0 Å². The molecule has 0 saturated carbocycles. The van der Waals surface area contributed by atoms with Crippen molar-refractivity contribution in [2.45, 2.75) is 0 Å². The van der Waals surface area contributed by atoms with Gasteiger partial charge in [-0.3, -0.25) is 20.2 Å². The molecular weight excluding hydrogens is 270 g/mol. The van der Waals surface area contributed by atoms with Crippen molar-refractivity contribution < 1.29 is 4.92 Å². The van der Waals surface area contributed by atoms with E-state index in [1.165, 1.54) is 12.1 Å². The number of nitrogens with zero attached hydrogens (tertiary/aromatic N) is 3. The first-order valence-corrected chi connectivity index (χ1v) is 6.17. The van der Waals surface area contributed by atoms with E-state index in [1.807, 2.05) is 18.2 Å². The van der Waals surface area contributed by atoms with Crippen molar-refractivity contribution in [1.82, 2.24) is 15.2 Å². The number of pyridine rings is 1. The van der Waals surface area contributed by atoms with Crippen LogP contribution in [0.1, 0.15) is 0 Å². The van der Waals surface area contributed by atoms with E-state index < -0.39 is 4.92 Å². The summed E-state index contributed by atoms with van der Waals surface area (Å²) >= 11 is 0. The van der Waals surface area contributed by atoms with E-state index in [9.17, 15) is 10.1 Å². The Hall–Kier alpha value is -3.22. The summed E-state index contributed by atoms with van der Waals surface area (Å²) in [6, 6.07) is 11.7. The van der Waals surface area contributed by atoms with Crippen molar-refractivity contribution in [3.8, 4) is 22.5 Å². The second kappa shape index (κ2) is 5.04. The van der Waals surface area contributed by atoms with Gasteiger partial charge in [0.15, 0.2) is 5.82 Å². The zero-order valence-corrected chi connectivity index (χ0v) is 10.9. The number of aromatic nitrogens is 3. The average molecular weight is 281 g/mol. The fraction of sp³-hybridized carbons (Fsp3) is 0. The lowest BCUT2D eigenvalue weighted by molar-refractivity contribution is -0.384. The molecule has 0 spiro atoms. The number of nitrogens with one attached hydrogen (secondary N) is 1. The Labute approximate surface area is 119 Å². The van der Waals surface area contributed by atoms with Gasteiger partial charge in [-0.15, -0.1) is 0 Å². The van der Waals surface area contributed by atoms with E-state index in [2.05, 4.69) is 15.2 Å². The normalized spacial score (nSPS) is 10.5. The Morgan fingerprint density at radius 1 is 1.14 bits per heavy atom. The van der Waals surface area contributed by atoms with Gasteiger partial charge in [-0.25, -0.2) is 0 Å². The van der Waals surface area contributed by atoms with Crippen LogP contribution in [-0.2, 0) is 0 Å². The van der Waals surface area contributed by atoms with Gasteiger partial charge in [0.2, 0.25) is 0 Å². The van der Waals surface area contributed by atoms with Crippen LogP contribution in [0.5, 0.6) is 0 Å². The molecule has 0 bridgehead atoms. The van der Waals surface area contributed by atoms with E-state index in [1.54, 1.807) is 18.3 Å². The molecule has 1 aromatic carbocycles. The Kier molecular flexibility index (Phi) is 3.07. The summed E-state index contributed by atoms with van der Waals surface area (Å²) in [6.45, 7) is 0. The summed E-state index contributed by atoms with van der Waals surface area (Å²) < 4.78 is 0. The lowest BCUT2D eigenvalue weighted by Gasteiger charge is -2.03. The van der Waals surface area contributed by atoms with Crippen LogP contribution in [-0.4, -0.2) is 20.1 Å². The molecule has 3 aromatic rings. The molecule has 104 valence electrons. The minimum atomic E-state index is -0.440. The number of benzene rings is 1. The summed E-state index contributed by atoms with van der Waals surface area (Å²) in [7, 11) is 0. The van der Waals surface area contributed by atoms with Gasteiger partial charge in [-0.2, -0.15) is 5.10 Å². The van der Waals surface area contributed by atoms with Crippen molar-refractivity contribution in [2.75, 3.05) is 5.73 Å². The molecule has 0 aliphatic heterocycles. The van der Waals surface area contributed by atoms with Crippen LogP contribution in [0.2, 0.25) is 0 Å². The van der Waals surface area contributed by atoms with Crippen molar-refractivity contribution in [1.29, 1.82) is 0 Å². The van der Waals surface area contributed by atoms with Crippen LogP contribution in [0.25, 0.3) is 22.5 Å². The van der Waals surface area contributed by atoms with Crippen molar-refractivity contribution in [3.05, 3.63) is 58.8 Å². The fourth-order valence-corrected chi connectivity index (χ4v) is 2.08. The van der Waals surface area contributed by atoms with Crippen LogP contribution in [0.3, 0.4) is 0 Å². The van der Waals surface area contributed by atoms with E-state index in [0.29, 0.717) is 22.8 Å². The number of nitro benzene ring substituents is 1. The minimum absolute atomic E-state index is 0.0330. The highest BCUT2D eigenvalue weighted by Crippen LogP contribution is 2.33. The number of hydrogen-bond acceptors (Lipinski definition) is 5. The first-order chi connectivity index (χ1) is 10.2. The number of hydrogen-bond donors (Lipinski definition) is 2. The molecule has 7 heteroatoms. The number of anilines is 1. The highest BCUT2D eigenvalue weighted by molar-refractivity contribution is 5.86. The summed E-state index contributed by atoms with van der Waals surface area (Å²) in [5.74, 6) is 0.335. The number of non-ortho nitro benzene ring substituents is 1. The third kappa shape index (κ3) is 2.32. The van der Waals surface area contributed by atoms with Gasteiger partial charge in [0.05, 0.1) is 21.9 Å². The van der Waals surface area contributed by atoms with Crippen LogP contribution in [0.4, 0.5) is 11.5 Å². The maximum absolute atomic E-state index is 10.7. The molecule has 0 aliphatic carbocycles. The predicted octanol–water partition coefficient (Wildman–Crippen LogP) is 2.63. The molecule has 3 N–H and O–H groups in total. The SMILES string of the molecule is Nc1n[nH]c(-c2ccc([N+](=O)[O-])cc2)c1-c1ccccn1. The van der Waals surface area contributed by atoms with Gasteiger partial charge in [0, 0.05) is 23.9 Å². The standard InChI is InChI=1S/C14H11N5O2/c15-14-12(11-3-1-2-8-16-11)13(17-18-14)9-4-6-10(7-5-9)19(20)21/h1-8H,(H3,15,17,18). The molecule has 0 fully saturated rings. The zero-order valence-electron chi connectivity index (χ0n) is 10.9. The summed E-state index contributed by atoms with van der Waals surface area (Å²) in [6.07, 6.45) is 1.67. The average Bonchev–Trinajstić information content (AvgIpc) is 2.90. The van der Waals surface area contributed by atoms with E-state index >= 15 is 0 Å². The number of H-pyrrole nitrogens is 1. The molecule has 3 rings (SSSR count). The highest BCUT2D eigenvalue weighted by atomic mass is 16.6. The molecule has 0 radical (unpaired) electrons. The number of aromatic amines is 1. The predicted molar refractivity (Wildman–Crippen MR) is 78.3 cm³/mol.